The zero-order chi connectivity index (χ0) is 18.8. The lowest BCUT2D eigenvalue weighted by Gasteiger charge is -2.22. The van der Waals surface area contributed by atoms with Crippen molar-refractivity contribution < 1.29 is 13.2 Å². The highest BCUT2D eigenvalue weighted by molar-refractivity contribution is 9.10. The van der Waals surface area contributed by atoms with E-state index in [4.69, 9.17) is 23.2 Å². The van der Waals surface area contributed by atoms with Crippen LogP contribution in [0.25, 0.3) is 0 Å². The van der Waals surface area contributed by atoms with E-state index in [9.17, 15) is 13.2 Å². The minimum atomic E-state index is -3.67. The van der Waals surface area contributed by atoms with E-state index in [0.717, 1.165) is 16.1 Å². The highest BCUT2D eigenvalue weighted by atomic mass is 79.9. The van der Waals surface area contributed by atoms with Crippen molar-refractivity contribution in [3.05, 3.63) is 56.5 Å². The van der Waals surface area contributed by atoms with Crippen LogP contribution in [-0.4, -0.2) is 27.1 Å². The largest absolute Gasteiger partial charge is 0.324 e. The van der Waals surface area contributed by atoms with Gasteiger partial charge in [-0.2, -0.15) is 0 Å². The lowest BCUT2D eigenvalue weighted by Crippen LogP contribution is -2.37. The number of hydrogen-bond donors (Lipinski definition) is 1. The molecular formula is C16H15BrCl2N2O3S. The topological polar surface area (TPSA) is 66.5 Å². The Kier molecular flexibility index (Phi) is 6.37. The van der Waals surface area contributed by atoms with Gasteiger partial charge in [0, 0.05) is 15.2 Å². The van der Waals surface area contributed by atoms with Crippen molar-refractivity contribution >= 4 is 66.4 Å². The quantitative estimate of drug-likeness (QED) is 0.708. The van der Waals surface area contributed by atoms with Crippen LogP contribution in [0.4, 0.5) is 11.4 Å². The summed E-state index contributed by atoms with van der Waals surface area (Å²) in [5, 5.41) is 3.48. The third kappa shape index (κ3) is 5.34. The van der Waals surface area contributed by atoms with Gasteiger partial charge in [0.05, 0.1) is 17.0 Å². The Morgan fingerprint density at radius 1 is 1.16 bits per heavy atom. The molecule has 0 aliphatic heterocycles. The number of sulfonamides is 1. The number of carbonyl (C=O) groups is 1. The fourth-order valence-electron chi connectivity index (χ4n) is 2.04. The second-order valence-electron chi connectivity index (χ2n) is 5.38. The van der Waals surface area contributed by atoms with Crippen molar-refractivity contribution in [1.29, 1.82) is 0 Å². The molecule has 134 valence electrons. The van der Waals surface area contributed by atoms with E-state index in [2.05, 4.69) is 21.2 Å². The second kappa shape index (κ2) is 7.95. The van der Waals surface area contributed by atoms with Crippen LogP contribution in [0.5, 0.6) is 0 Å². The first-order chi connectivity index (χ1) is 11.6. The van der Waals surface area contributed by atoms with Gasteiger partial charge < -0.3 is 5.32 Å². The molecule has 0 aromatic heterocycles. The maximum Gasteiger partial charge on any atom is 0.245 e. The van der Waals surface area contributed by atoms with Gasteiger partial charge in [0.2, 0.25) is 15.9 Å². The van der Waals surface area contributed by atoms with Crippen LogP contribution in [-0.2, 0) is 14.8 Å². The summed E-state index contributed by atoms with van der Waals surface area (Å²) in [5.41, 5.74) is 1.60. The van der Waals surface area contributed by atoms with E-state index in [1.807, 2.05) is 0 Å². The summed E-state index contributed by atoms with van der Waals surface area (Å²) in [6.45, 7) is 1.42. The standard InChI is InChI=1S/C16H15BrCl2N2O3S/c1-10-3-5-12(8-14(10)18)21(25(2,23)24)9-16(22)20-11-4-6-13(17)15(19)7-11/h3-8H,9H2,1-2H3,(H,20,22). The van der Waals surface area contributed by atoms with E-state index in [-0.39, 0.29) is 6.54 Å². The van der Waals surface area contributed by atoms with Crippen LogP contribution in [0.1, 0.15) is 5.56 Å². The molecule has 1 amide bonds. The third-order valence-electron chi connectivity index (χ3n) is 3.33. The number of carbonyl (C=O) groups excluding carboxylic acids is 1. The Labute approximate surface area is 165 Å². The molecule has 2 aromatic rings. The number of rotatable bonds is 5. The molecule has 0 aliphatic rings. The van der Waals surface area contributed by atoms with Crippen LogP contribution in [0, 0.1) is 6.92 Å². The van der Waals surface area contributed by atoms with E-state index < -0.39 is 15.9 Å². The molecular weight excluding hydrogens is 451 g/mol. The maximum absolute atomic E-state index is 12.3. The maximum atomic E-state index is 12.3. The van der Waals surface area contributed by atoms with Crippen molar-refractivity contribution in [1.82, 2.24) is 0 Å². The van der Waals surface area contributed by atoms with Gasteiger partial charge in [-0.05, 0) is 58.7 Å². The number of nitrogens with zero attached hydrogens (tertiary/aromatic N) is 1. The number of hydrogen-bond acceptors (Lipinski definition) is 3. The van der Waals surface area contributed by atoms with Crippen LogP contribution < -0.4 is 9.62 Å². The molecule has 25 heavy (non-hydrogen) atoms. The highest BCUT2D eigenvalue weighted by Crippen LogP contribution is 2.27. The molecule has 0 atom stereocenters. The van der Waals surface area contributed by atoms with Gasteiger partial charge in [-0.3, -0.25) is 9.10 Å². The van der Waals surface area contributed by atoms with Crippen LogP contribution in [0.2, 0.25) is 10.0 Å². The number of aryl methyl sites for hydroxylation is 1. The van der Waals surface area contributed by atoms with Gasteiger partial charge >= 0.3 is 0 Å². The predicted octanol–water partition coefficient (Wildman–Crippen LogP) is 4.47. The first-order valence-electron chi connectivity index (χ1n) is 7.06. The Morgan fingerprint density at radius 3 is 2.40 bits per heavy atom. The number of benzene rings is 2. The van der Waals surface area contributed by atoms with E-state index >= 15 is 0 Å². The summed E-state index contributed by atoms with van der Waals surface area (Å²) in [6, 6.07) is 9.72. The summed E-state index contributed by atoms with van der Waals surface area (Å²) in [6.07, 6.45) is 1.03. The average Bonchev–Trinajstić information content (AvgIpc) is 2.50. The van der Waals surface area contributed by atoms with Crippen molar-refractivity contribution in [3.63, 3.8) is 0 Å². The molecule has 0 spiro atoms. The number of anilines is 2. The van der Waals surface area contributed by atoms with Gasteiger partial charge in [-0.15, -0.1) is 0 Å². The molecule has 0 heterocycles. The molecule has 2 rings (SSSR count). The molecule has 0 aliphatic carbocycles. The lowest BCUT2D eigenvalue weighted by atomic mass is 10.2. The van der Waals surface area contributed by atoms with E-state index in [1.54, 1.807) is 37.3 Å². The lowest BCUT2D eigenvalue weighted by molar-refractivity contribution is -0.114. The van der Waals surface area contributed by atoms with Crippen molar-refractivity contribution in [2.45, 2.75) is 6.92 Å². The van der Waals surface area contributed by atoms with Gasteiger partial charge in [0.1, 0.15) is 6.54 Å². The summed E-state index contributed by atoms with van der Waals surface area (Å²) >= 11 is 15.3. The molecule has 0 saturated heterocycles. The Bertz CT molecular complexity index is 920. The number of nitrogens with one attached hydrogen (secondary N) is 1. The van der Waals surface area contributed by atoms with Gasteiger partial charge in [0.25, 0.3) is 0 Å². The second-order valence-corrected chi connectivity index (χ2v) is 8.96. The van der Waals surface area contributed by atoms with E-state index in [0.29, 0.717) is 25.9 Å². The molecule has 1 N–H and O–H groups in total. The third-order valence-corrected chi connectivity index (χ3v) is 6.11. The number of halogens is 3. The highest BCUT2D eigenvalue weighted by Gasteiger charge is 2.21. The van der Waals surface area contributed by atoms with Crippen molar-refractivity contribution in [3.8, 4) is 0 Å². The van der Waals surface area contributed by atoms with Crippen LogP contribution in [0.3, 0.4) is 0 Å². The Morgan fingerprint density at radius 2 is 1.84 bits per heavy atom. The zero-order valence-corrected chi connectivity index (χ0v) is 17.3. The van der Waals surface area contributed by atoms with Crippen molar-refractivity contribution in [2.24, 2.45) is 0 Å². The van der Waals surface area contributed by atoms with E-state index in [1.165, 1.54) is 6.07 Å². The first kappa shape index (κ1) is 20.0. The molecule has 5 nitrogen and oxygen atoms in total. The Hall–Kier alpha value is -1.28. The van der Waals surface area contributed by atoms with Gasteiger partial charge in [0.15, 0.2) is 0 Å². The fourth-order valence-corrected chi connectivity index (χ4v) is 3.49. The first-order valence-corrected chi connectivity index (χ1v) is 10.5. The predicted molar refractivity (Wildman–Crippen MR) is 106 cm³/mol. The molecule has 2 aromatic carbocycles. The molecule has 0 fully saturated rings. The summed E-state index contributed by atoms with van der Waals surface area (Å²) < 4.78 is 25.9. The molecule has 0 unspecified atom stereocenters. The minimum absolute atomic E-state index is 0.321. The fraction of sp³-hybridized carbons (Fsp3) is 0.188. The summed E-state index contributed by atoms with van der Waals surface area (Å²) in [4.78, 5) is 12.3. The smallest absolute Gasteiger partial charge is 0.245 e. The van der Waals surface area contributed by atoms with Gasteiger partial charge in [-0.25, -0.2) is 8.42 Å². The minimum Gasteiger partial charge on any atom is -0.324 e. The zero-order valence-electron chi connectivity index (χ0n) is 13.4. The van der Waals surface area contributed by atoms with Gasteiger partial charge in [-0.1, -0.05) is 29.3 Å². The Balaban J connectivity index is 2.23. The van der Waals surface area contributed by atoms with Crippen LogP contribution >= 0.6 is 39.1 Å². The summed E-state index contributed by atoms with van der Waals surface area (Å²) in [7, 11) is -3.67. The SMILES string of the molecule is Cc1ccc(N(CC(=O)Nc2ccc(Br)c(Cl)c2)S(C)(=O)=O)cc1Cl. The average molecular weight is 466 g/mol. The molecule has 0 bridgehead atoms. The number of amides is 1. The van der Waals surface area contributed by atoms with Crippen molar-refractivity contribution in [2.75, 3.05) is 22.4 Å². The monoisotopic (exact) mass is 464 g/mol. The molecule has 0 saturated carbocycles. The molecule has 0 radical (unpaired) electrons. The van der Waals surface area contributed by atoms with Crippen LogP contribution in [0.15, 0.2) is 40.9 Å². The summed E-state index contributed by atoms with van der Waals surface area (Å²) in [5.74, 6) is -0.500. The molecule has 9 heteroatoms. The normalized spacial score (nSPS) is 11.2.